The highest BCUT2D eigenvalue weighted by Gasteiger charge is 2.62. The summed E-state index contributed by atoms with van der Waals surface area (Å²) < 4.78 is 47.5. The van der Waals surface area contributed by atoms with Gasteiger partial charge in [-0.3, -0.25) is 9.36 Å². The van der Waals surface area contributed by atoms with Crippen molar-refractivity contribution >= 4 is 25.1 Å². The van der Waals surface area contributed by atoms with Crippen molar-refractivity contribution in [3.8, 4) is 0 Å². The molecule has 13 heteroatoms. The molecule has 0 N–H and O–H groups in total. The molecule has 3 heterocycles. The Balaban J connectivity index is 2.16. The molecule has 10 nitrogen and oxygen atoms in total. The van der Waals surface area contributed by atoms with Crippen LogP contribution in [0.2, 0.25) is 22.2 Å². The maximum absolute atomic E-state index is 13.2. The van der Waals surface area contributed by atoms with E-state index in [1.807, 2.05) is 0 Å². The van der Waals surface area contributed by atoms with Gasteiger partial charge in [0.15, 0.2) is 12.9 Å². The fourth-order valence-electron chi connectivity index (χ4n) is 5.53. The highest BCUT2D eigenvalue weighted by atomic mass is 31.1. The fraction of sp³-hybridized carbons (Fsp3) is 0.826. The summed E-state index contributed by atoms with van der Waals surface area (Å²) in [4.78, 5) is 25.4. The molecule has 0 aliphatic carbocycles. The highest BCUT2D eigenvalue weighted by Crippen LogP contribution is 2.48. The van der Waals surface area contributed by atoms with Crippen LogP contribution in [0.3, 0.4) is 0 Å². The van der Waals surface area contributed by atoms with Gasteiger partial charge < -0.3 is 22.4 Å². The summed E-state index contributed by atoms with van der Waals surface area (Å²) >= 11 is 0. The van der Waals surface area contributed by atoms with Gasteiger partial charge in [0.25, 0.3) is 5.56 Å². The first kappa shape index (κ1) is 29.6. The third-order valence-corrected chi connectivity index (χ3v) is 18.6. The summed E-state index contributed by atoms with van der Waals surface area (Å²) in [6, 6.07) is 1.21. The molecule has 3 rings (SSSR count). The van der Waals surface area contributed by atoms with Crippen LogP contribution in [-0.2, 0) is 27.0 Å². The average molecular weight is 562 g/mol. The Bertz CT molecular complexity index is 1060. The van der Waals surface area contributed by atoms with Gasteiger partial charge in [0.2, 0.25) is 0 Å². The van der Waals surface area contributed by atoms with Crippen LogP contribution in [0.1, 0.15) is 61.6 Å². The molecule has 0 amide bonds. The third-order valence-electron chi connectivity index (χ3n) is 7.43. The van der Waals surface area contributed by atoms with E-state index in [9.17, 15) is 14.2 Å². The second-order valence-electron chi connectivity index (χ2n) is 10.9. The van der Waals surface area contributed by atoms with Crippen molar-refractivity contribution in [2.24, 2.45) is 0 Å². The van der Waals surface area contributed by atoms with E-state index in [4.69, 9.17) is 22.4 Å². The van der Waals surface area contributed by atoms with Gasteiger partial charge in [0, 0.05) is 19.4 Å². The van der Waals surface area contributed by atoms with Crippen molar-refractivity contribution in [3.05, 3.63) is 33.1 Å². The summed E-state index contributed by atoms with van der Waals surface area (Å²) in [5.41, 5.74) is -0.728. The molecule has 204 valence electrons. The first-order valence-electron chi connectivity index (χ1n) is 12.7. The molecule has 0 aromatic carbocycles. The van der Waals surface area contributed by atoms with Gasteiger partial charge in [-0.2, -0.15) is 0 Å². The summed E-state index contributed by atoms with van der Waals surface area (Å²) in [6.45, 7) is 18.7. The van der Waals surface area contributed by atoms with Crippen molar-refractivity contribution in [1.29, 1.82) is 0 Å². The summed E-state index contributed by atoms with van der Waals surface area (Å²) in [6.07, 6.45) is -1.26. The maximum atomic E-state index is 13.2. The summed E-state index contributed by atoms with van der Waals surface area (Å²) in [5.74, 6) is 0. The number of nitrogens with zero attached hydrogens (tertiary/aromatic N) is 2. The molecule has 1 aromatic rings. The number of hydrogen-bond acceptors (Lipinski definition) is 8. The Kier molecular flexibility index (Phi) is 9.05. The summed E-state index contributed by atoms with van der Waals surface area (Å²) in [7, 11) is -6.34. The monoisotopic (exact) mass is 561 g/mol. The average Bonchev–Trinajstić information content (AvgIpc) is 3.09. The molecule has 0 bridgehead atoms. The van der Waals surface area contributed by atoms with E-state index >= 15 is 0 Å². The molecule has 2 saturated heterocycles. The molecule has 1 aromatic heterocycles. The Hall–Kier alpha value is -0.986. The van der Waals surface area contributed by atoms with E-state index in [-0.39, 0.29) is 28.8 Å². The molecular weight excluding hydrogens is 519 g/mol. The summed E-state index contributed by atoms with van der Waals surface area (Å²) in [5, 5.41) is 0. The number of fused-ring (bicyclic) bond motifs is 1. The number of hydrogen-bond donors (Lipinski definition) is 0. The van der Waals surface area contributed by atoms with E-state index in [1.54, 1.807) is 7.11 Å². The predicted octanol–water partition coefficient (Wildman–Crippen LogP) is 4.10. The molecule has 0 saturated carbocycles. The zero-order valence-corrected chi connectivity index (χ0v) is 26.0. The lowest BCUT2D eigenvalue weighted by atomic mass is 10.1. The molecule has 36 heavy (non-hydrogen) atoms. The lowest BCUT2D eigenvalue weighted by molar-refractivity contribution is -0.0641. The topological polar surface area (TPSA) is 107 Å². The van der Waals surface area contributed by atoms with Gasteiger partial charge in [-0.1, -0.05) is 55.4 Å². The number of rotatable bonds is 7. The quantitative estimate of drug-likeness (QED) is 0.362. The van der Waals surface area contributed by atoms with E-state index in [1.165, 1.54) is 23.5 Å². The van der Waals surface area contributed by atoms with Crippen LogP contribution in [0, 0.1) is 0 Å². The second kappa shape index (κ2) is 11.0. The molecule has 2 aliphatic rings. The van der Waals surface area contributed by atoms with Crippen LogP contribution < -0.4 is 11.2 Å². The Labute approximate surface area is 216 Å². The molecule has 0 spiro atoms. The minimum absolute atomic E-state index is 0.120. The lowest BCUT2D eigenvalue weighted by Crippen LogP contribution is -2.65. The standard InChI is InChI=1S/C23H42N2O8PSi2/c1-14(2)35(15(3)4)30-13-18-20(32-36(33-35,16(5)6)17(7)8)21(29-9)22(31-18)24-12-11-19(26)25(23(24)27)34(10)28/h11-12,14-18,20-22H,13H2,1-10H3/q+1/t18-,20-,21+,22-/m1/s1. The Morgan fingerprint density at radius 1 is 1.00 bits per heavy atom. The highest BCUT2D eigenvalue weighted by molar-refractivity contribution is 7.41. The largest absolute Gasteiger partial charge is 0.471 e. The number of aromatic nitrogens is 2. The normalized spacial score (nSPS) is 28.4. The lowest BCUT2D eigenvalue weighted by Gasteiger charge is -2.51. The Morgan fingerprint density at radius 3 is 2.03 bits per heavy atom. The maximum Gasteiger partial charge on any atom is 0.471 e. The van der Waals surface area contributed by atoms with E-state index in [0.717, 1.165) is 4.34 Å². The van der Waals surface area contributed by atoms with Crippen LogP contribution in [0.15, 0.2) is 21.9 Å². The molecule has 2 aliphatic heterocycles. The van der Waals surface area contributed by atoms with Crippen LogP contribution in [0.5, 0.6) is 0 Å². The van der Waals surface area contributed by atoms with Crippen LogP contribution in [0.4, 0.5) is 0 Å². The smallest absolute Gasteiger partial charge is 0.414 e. The van der Waals surface area contributed by atoms with Crippen LogP contribution in [-0.4, -0.2) is 64.7 Å². The molecule has 1 unspecified atom stereocenters. The molecular formula is C23H42N2O8PSi2+. The van der Waals surface area contributed by atoms with Gasteiger partial charge in [0.05, 0.1) is 6.61 Å². The second-order valence-corrected chi connectivity index (χ2v) is 21.1. The van der Waals surface area contributed by atoms with E-state index in [2.05, 4.69) is 55.4 Å². The zero-order chi connectivity index (χ0) is 27.2. The van der Waals surface area contributed by atoms with Gasteiger partial charge >= 0.3 is 30.8 Å². The fourth-order valence-corrected chi connectivity index (χ4v) is 17.4. The molecule has 5 atom stereocenters. The third kappa shape index (κ3) is 4.91. The molecule has 2 fully saturated rings. The van der Waals surface area contributed by atoms with Crippen molar-refractivity contribution in [2.75, 3.05) is 20.4 Å². The van der Waals surface area contributed by atoms with Gasteiger partial charge in [0.1, 0.15) is 18.3 Å². The minimum atomic E-state index is -2.92. The SMILES string of the molecule is CO[C@H]1[C@@H]2O[Si](C(C)C)(C(C)C)O[Si](C(C)C)(C(C)C)OC[C@H]2O[C@H]1n1ccc(=O)n([P+](C)=O)c1=O. The van der Waals surface area contributed by atoms with Gasteiger partial charge in [-0.15, -0.1) is 0 Å². The predicted molar refractivity (Wildman–Crippen MR) is 142 cm³/mol. The van der Waals surface area contributed by atoms with E-state index in [0.29, 0.717) is 0 Å². The zero-order valence-electron chi connectivity index (χ0n) is 23.1. The van der Waals surface area contributed by atoms with Crippen molar-refractivity contribution in [1.82, 2.24) is 8.90 Å². The molecule has 0 radical (unpaired) electrons. The first-order valence-corrected chi connectivity index (χ1v) is 18.3. The van der Waals surface area contributed by atoms with Crippen molar-refractivity contribution in [2.45, 2.75) is 102 Å². The minimum Gasteiger partial charge on any atom is -0.414 e. The Morgan fingerprint density at radius 2 is 1.56 bits per heavy atom. The number of methoxy groups -OCH3 is 1. The van der Waals surface area contributed by atoms with Gasteiger partial charge in [-0.05, 0) is 31.1 Å². The van der Waals surface area contributed by atoms with E-state index < -0.39 is 60.9 Å². The first-order chi connectivity index (χ1) is 16.7. The van der Waals surface area contributed by atoms with Crippen molar-refractivity contribution in [3.63, 3.8) is 0 Å². The van der Waals surface area contributed by atoms with Gasteiger partial charge in [-0.25, -0.2) is 4.79 Å². The number of ether oxygens (including phenoxy) is 2. The van der Waals surface area contributed by atoms with Crippen LogP contribution in [0.25, 0.3) is 0 Å². The van der Waals surface area contributed by atoms with Crippen molar-refractivity contribution < 1.29 is 27.0 Å². The van der Waals surface area contributed by atoms with Crippen LogP contribution >= 0.6 is 7.95 Å².